The van der Waals surface area contributed by atoms with Crippen LogP contribution in [0.5, 0.6) is 0 Å². The molecule has 0 radical (unpaired) electrons. The van der Waals surface area contributed by atoms with Crippen LogP contribution in [0.4, 0.5) is 0 Å². The van der Waals surface area contributed by atoms with E-state index in [9.17, 15) is 0 Å². The van der Waals surface area contributed by atoms with Crippen molar-refractivity contribution in [2.45, 2.75) is 31.8 Å². The SMILES string of the molecule is CN(Cc1nnn(C)n1)C1CCCNCC1. The molecule has 6 heteroatoms. The van der Waals surface area contributed by atoms with Crippen molar-refractivity contribution in [1.29, 1.82) is 0 Å². The molecule has 90 valence electrons. The summed E-state index contributed by atoms with van der Waals surface area (Å²) in [7, 11) is 3.94. The molecular formula is C10H20N6. The topological polar surface area (TPSA) is 58.9 Å². The zero-order valence-electron chi connectivity index (χ0n) is 10.1. The molecule has 1 unspecified atom stereocenters. The Labute approximate surface area is 96.0 Å². The third-order valence-electron chi connectivity index (χ3n) is 3.11. The van der Waals surface area contributed by atoms with Crippen LogP contribution >= 0.6 is 0 Å². The Kier molecular flexibility index (Phi) is 3.84. The Hall–Kier alpha value is -1.01. The van der Waals surface area contributed by atoms with Gasteiger partial charge in [-0.05, 0) is 44.6 Å². The van der Waals surface area contributed by atoms with E-state index in [0.717, 1.165) is 25.5 Å². The van der Waals surface area contributed by atoms with Crippen LogP contribution in [-0.4, -0.2) is 51.3 Å². The molecule has 6 nitrogen and oxygen atoms in total. The van der Waals surface area contributed by atoms with E-state index >= 15 is 0 Å². The minimum atomic E-state index is 0.638. The van der Waals surface area contributed by atoms with Crippen molar-refractivity contribution in [3.63, 3.8) is 0 Å². The summed E-state index contributed by atoms with van der Waals surface area (Å²) in [5.41, 5.74) is 0. The van der Waals surface area contributed by atoms with Crippen LogP contribution in [0, 0.1) is 0 Å². The molecule has 16 heavy (non-hydrogen) atoms. The van der Waals surface area contributed by atoms with E-state index in [1.807, 2.05) is 0 Å². The van der Waals surface area contributed by atoms with Gasteiger partial charge in [0.15, 0.2) is 5.82 Å². The Morgan fingerprint density at radius 1 is 1.44 bits per heavy atom. The van der Waals surface area contributed by atoms with Crippen LogP contribution in [0.15, 0.2) is 0 Å². The van der Waals surface area contributed by atoms with Crippen molar-refractivity contribution in [2.75, 3.05) is 20.1 Å². The first-order valence-electron chi connectivity index (χ1n) is 5.89. The summed E-state index contributed by atoms with van der Waals surface area (Å²) in [6, 6.07) is 0.638. The Morgan fingerprint density at radius 2 is 2.31 bits per heavy atom. The fraction of sp³-hybridized carbons (Fsp3) is 0.900. The number of nitrogens with one attached hydrogen (secondary N) is 1. The highest BCUT2D eigenvalue weighted by Gasteiger charge is 2.18. The first-order chi connectivity index (χ1) is 7.75. The van der Waals surface area contributed by atoms with E-state index in [1.54, 1.807) is 7.05 Å². The molecule has 2 rings (SSSR count). The lowest BCUT2D eigenvalue weighted by Gasteiger charge is -2.25. The second kappa shape index (κ2) is 5.36. The van der Waals surface area contributed by atoms with Crippen molar-refractivity contribution in [3.05, 3.63) is 5.82 Å². The lowest BCUT2D eigenvalue weighted by Crippen LogP contribution is -2.32. The van der Waals surface area contributed by atoms with E-state index < -0.39 is 0 Å². The lowest BCUT2D eigenvalue weighted by atomic mass is 10.1. The molecule has 0 spiro atoms. The van der Waals surface area contributed by atoms with E-state index in [4.69, 9.17) is 0 Å². The first-order valence-corrected chi connectivity index (χ1v) is 5.89. The van der Waals surface area contributed by atoms with Gasteiger partial charge in [-0.15, -0.1) is 10.2 Å². The summed E-state index contributed by atoms with van der Waals surface area (Å²) < 4.78 is 0. The molecule has 0 amide bonds. The summed E-state index contributed by atoms with van der Waals surface area (Å²) in [6.07, 6.45) is 3.71. The average Bonchev–Trinajstić information content (AvgIpc) is 2.56. The predicted molar refractivity (Wildman–Crippen MR) is 60.8 cm³/mol. The monoisotopic (exact) mass is 224 g/mol. The van der Waals surface area contributed by atoms with Crippen molar-refractivity contribution in [1.82, 2.24) is 30.4 Å². The zero-order chi connectivity index (χ0) is 11.4. The van der Waals surface area contributed by atoms with Crippen molar-refractivity contribution >= 4 is 0 Å². The summed E-state index contributed by atoms with van der Waals surface area (Å²) in [5, 5.41) is 15.5. The highest BCUT2D eigenvalue weighted by Crippen LogP contribution is 2.13. The molecule has 1 saturated heterocycles. The van der Waals surface area contributed by atoms with Gasteiger partial charge < -0.3 is 5.32 Å². The molecule has 1 fully saturated rings. The molecule has 1 aromatic heterocycles. The molecule has 0 aromatic carbocycles. The fourth-order valence-electron chi connectivity index (χ4n) is 2.18. The Bertz CT molecular complexity index is 315. The van der Waals surface area contributed by atoms with Crippen molar-refractivity contribution in [3.8, 4) is 0 Å². The van der Waals surface area contributed by atoms with Gasteiger partial charge in [-0.25, -0.2) is 0 Å². The molecule has 1 N–H and O–H groups in total. The molecule has 0 saturated carbocycles. The number of rotatable bonds is 3. The number of hydrogen-bond acceptors (Lipinski definition) is 5. The summed E-state index contributed by atoms with van der Waals surface area (Å²) in [6.45, 7) is 3.05. The third-order valence-corrected chi connectivity index (χ3v) is 3.11. The van der Waals surface area contributed by atoms with Crippen LogP contribution in [-0.2, 0) is 13.6 Å². The highest BCUT2D eigenvalue weighted by molar-refractivity contribution is 4.81. The fourth-order valence-corrected chi connectivity index (χ4v) is 2.18. The molecule has 1 aliphatic rings. The summed E-state index contributed by atoms with van der Waals surface area (Å²) >= 11 is 0. The van der Waals surface area contributed by atoms with Gasteiger partial charge in [0.2, 0.25) is 0 Å². The average molecular weight is 224 g/mol. The number of tetrazole rings is 1. The molecule has 0 bridgehead atoms. The molecular weight excluding hydrogens is 204 g/mol. The maximum Gasteiger partial charge on any atom is 0.188 e. The summed E-state index contributed by atoms with van der Waals surface area (Å²) in [4.78, 5) is 3.85. The smallest absolute Gasteiger partial charge is 0.188 e. The van der Waals surface area contributed by atoms with Gasteiger partial charge in [-0.3, -0.25) is 4.90 Å². The maximum absolute atomic E-state index is 4.21. The van der Waals surface area contributed by atoms with Gasteiger partial charge in [-0.1, -0.05) is 0 Å². The maximum atomic E-state index is 4.21. The molecule has 2 heterocycles. The van der Waals surface area contributed by atoms with Gasteiger partial charge in [0.1, 0.15) is 0 Å². The largest absolute Gasteiger partial charge is 0.317 e. The number of aromatic nitrogens is 4. The van der Waals surface area contributed by atoms with Gasteiger partial charge in [-0.2, -0.15) is 4.80 Å². The zero-order valence-corrected chi connectivity index (χ0v) is 10.1. The lowest BCUT2D eigenvalue weighted by molar-refractivity contribution is 0.211. The molecule has 1 aromatic rings. The van der Waals surface area contributed by atoms with E-state index in [-0.39, 0.29) is 0 Å². The van der Waals surface area contributed by atoms with Gasteiger partial charge in [0, 0.05) is 6.04 Å². The van der Waals surface area contributed by atoms with Crippen LogP contribution in [0.2, 0.25) is 0 Å². The van der Waals surface area contributed by atoms with Crippen LogP contribution < -0.4 is 5.32 Å². The molecule has 1 aliphatic heterocycles. The normalized spacial score (nSPS) is 22.3. The van der Waals surface area contributed by atoms with E-state index in [1.165, 1.54) is 24.1 Å². The minimum Gasteiger partial charge on any atom is -0.317 e. The Balaban J connectivity index is 1.88. The van der Waals surface area contributed by atoms with Gasteiger partial charge in [0.05, 0.1) is 13.6 Å². The molecule has 0 aliphatic carbocycles. The number of nitrogens with zero attached hydrogens (tertiary/aromatic N) is 5. The van der Waals surface area contributed by atoms with Crippen LogP contribution in [0.1, 0.15) is 25.1 Å². The molecule has 1 atom stereocenters. The second-order valence-corrected chi connectivity index (χ2v) is 4.44. The Morgan fingerprint density at radius 3 is 3.06 bits per heavy atom. The van der Waals surface area contributed by atoms with Crippen LogP contribution in [0.3, 0.4) is 0 Å². The second-order valence-electron chi connectivity index (χ2n) is 4.44. The van der Waals surface area contributed by atoms with E-state index in [0.29, 0.717) is 6.04 Å². The minimum absolute atomic E-state index is 0.638. The predicted octanol–water partition coefficient (Wildman–Crippen LogP) is -0.216. The van der Waals surface area contributed by atoms with Crippen LogP contribution in [0.25, 0.3) is 0 Å². The standard InChI is InChI=1S/C10H20N6/c1-15(8-10-12-14-16(2)13-10)9-4-3-6-11-7-5-9/h9,11H,3-8H2,1-2H3. The number of aryl methyl sites for hydroxylation is 1. The first kappa shape index (κ1) is 11.5. The van der Waals surface area contributed by atoms with Gasteiger partial charge in [0.25, 0.3) is 0 Å². The third kappa shape index (κ3) is 2.99. The summed E-state index contributed by atoms with van der Waals surface area (Å²) in [5.74, 6) is 0.808. The van der Waals surface area contributed by atoms with E-state index in [2.05, 4.69) is 32.7 Å². The van der Waals surface area contributed by atoms with Crippen molar-refractivity contribution in [2.24, 2.45) is 7.05 Å². The van der Waals surface area contributed by atoms with Crippen molar-refractivity contribution < 1.29 is 0 Å². The quantitative estimate of drug-likeness (QED) is 0.769. The highest BCUT2D eigenvalue weighted by atomic mass is 15.6. The van der Waals surface area contributed by atoms with Gasteiger partial charge >= 0.3 is 0 Å². The number of hydrogen-bond donors (Lipinski definition) is 1.